The van der Waals surface area contributed by atoms with Crippen LogP contribution < -0.4 is 15.4 Å². The maximum absolute atomic E-state index is 12.2. The molecule has 0 saturated heterocycles. The molecule has 2 N–H and O–H groups in total. The van der Waals surface area contributed by atoms with E-state index in [0.717, 1.165) is 41.3 Å². The number of hydrogen-bond donors (Lipinski definition) is 2. The lowest BCUT2D eigenvalue weighted by Crippen LogP contribution is -2.22. The summed E-state index contributed by atoms with van der Waals surface area (Å²) >= 11 is 0. The Morgan fingerprint density at radius 2 is 1.73 bits per heavy atom. The van der Waals surface area contributed by atoms with E-state index < -0.39 is 0 Å². The molecule has 0 bridgehead atoms. The monoisotopic (exact) mass is 354 g/mol. The van der Waals surface area contributed by atoms with Crippen LogP contribution in [0, 0.1) is 13.8 Å². The number of anilines is 2. The van der Waals surface area contributed by atoms with Crippen LogP contribution in [-0.4, -0.2) is 19.1 Å². The van der Waals surface area contributed by atoms with Crippen LogP contribution in [0.2, 0.25) is 0 Å². The van der Waals surface area contributed by atoms with E-state index in [2.05, 4.69) is 17.6 Å². The molecule has 1 amide bonds. The lowest BCUT2D eigenvalue weighted by molar-refractivity contribution is -0.114. The highest BCUT2D eigenvalue weighted by atomic mass is 16.5. The van der Waals surface area contributed by atoms with E-state index in [4.69, 9.17) is 4.74 Å². The van der Waals surface area contributed by atoms with Gasteiger partial charge in [0, 0.05) is 17.4 Å². The van der Waals surface area contributed by atoms with Crippen molar-refractivity contribution in [3.63, 3.8) is 0 Å². The second kappa shape index (κ2) is 10.5. The van der Waals surface area contributed by atoms with Gasteiger partial charge in [-0.05, 0) is 43.5 Å². The van der Waals surface area contributed by atoms with Gasteiger partial charge in [0.25, 0.3) is 0 Å². The normalized spacial score (nSPS) is 10.4. The Bertz CT molecular complexity index is 693. The van der Waals surface area contributed by atoms with Gasteiger partial charge in [-0.15, -0.1) is 0 Å². The van der Waals surface area contributed by atoms with Crippen molar-refractivity contribution in [2.45, 2.75) is 46.5 Å². The fourth-order valence-corrected chi connectivity index (χ4v) is 2.79. The molecule has 0 fully saturated rings. The molecule has 0 aliphatic heterocycles. The summed E-state index contributed by atoms with van der Waals surface area (Å²) in [4.78, 5) is 12.2. The van der Waals surface area contributed by atoms with Gasteiger partial charge in [-0.25, -0.2) is 0 Å². The first-order chi connectivity index (χ1) is 12.6. The largest absolute Gasteiger partial charge is 0.494 e. The minimum Gasteiger partial charge on any atom is -0.494 e. The predicted octanol–water partition coefficient (Wildman–Crippen LogP) is 5.31. The summed E-state index contributed by atoms with van der Waals surface area (Å²) in [6, 6.07) is 13.7. The summed E-state index contributed by atoms with van der Waals surface area (Å²) in [6.07, 6.45) is 4.75. The average Bonchev–Trinajstić information content (AvgIpc) is 2.63. The Labute approximate surface area is 157 Å². The standard InChI is InChI=1S/C22H30N2O2/c1-4-5-6-7-14-26-20-13-9-12-19(15-20)23-16-21(25)24-22-17(2)10-8-11-18(22)3/h8-13,15,23H,4-7,14,16H2,1-3H3,(H,24,25). The van der Waals surface area contributed by atoms with Gasteiger partial charge in [-0.1, -0.05) is 50.5 Å². The van der Waals surface area contributed by atoms with Gasteiger partial charge in [-0.2, -0.15) is 0 Å². The van der Waals surface area contributed by atoms with Crippen LogP contribution in [0.3, 0.4) is 0 Å². The van der Waals surface area contributed by atoms with Crippen molar-refractivity contribution >= 4 is 17.3 Å². The minimum absolute atomic E-state index is 0.0618. The third-order valence-electron chi connectivity index (χ3n) is 4.30. The van der Waals surface area contributed by atoms with E-state index in [1.807, 2.05) is 56.3 Å². The van der Waals surface area contributed by atoms with E-state index in [1.165, 1.54) is 19.3 Å². The number of unbranched alkanes of at least 4 members (excludes halogenated alkanes) is 3. The molecule has 0 spiro atoms. The quantitative estimate of drug-likeness (QED) is 0.568. The zero-order valence-electron chi connectivity index (χ0n) is 16.1. The maximum atomic E-state index is 12.2. The van der Waals surface area contributed by atoms with Gasteiger partial charge in [-0.3, -0.25) is 4.79 Å². The highest BCUT2D eigenvalue weighted by molar-refractivity contribution is 5.95. The Balaban J connectivity index is 1.81. The van der Waals surface area contributed by atoms with Gasteiger partial charge in [0.15, 0.2) is 0 Å². The maximum Gasteiger partial charge on any atom is 0.243 e. The number of para-hydroxylation sites is 1. The molecule has 0 radical (unpaired) electrons. The summed E-state index contributed by atoms with van der Waals surface area (Å²) < 4.78 is 5.79. The zero-order chi connectivity index (χ0) is 18.8. The molecule has 0 aliphatic rings. The summed E-state index contributed by atoms with van der Waals surface area (Å²) in [5.41, 5.74) is 3.91. The van der Waals surface area contributed by atoms with Gasteiger partial charge in [0.05, 0.1) is 13.2 Å². The number of carbonyl (C=O) groups is 1. The van der Waals surface area contributed by atoms with Crippen molar-refractivity contribution in [1.82, 2.24) is 0 Å². The van der Waals surface area contributed by atoms with E-state index in [0.29, 0.717) is 0 Å². The number of amides is 1. The first kappa shape index (κ1) is 19.8. The molecule has 0 aromatic heterocycles. The number of ether oxygens (including phenoxy) is 1. The Morgan fingerprint density at radius 1 is 1.00 bits per heavy atom. The van der Waals surface area contributed by atoms with Gasteiger partial charge < -0.3 is 15.4 Å². The van der Waals surface area contributed by atoms with Crippen LogP contribution in [0.4, 0.5) is 11.4 Å². The smallest absolute Gasteiger partial charge is 0.243 e. The van der Waals surface area contributed by atoms with Crippen LogP contribution >= 0.6 is 0 Å². The van der Waals surface area contributed by atoms with Crippen LogP contribution in [0.1, 0.15) is 43.7 Å². The highest BCUT2D eigenvalue weighted by Crippen LogP contribution is 2.20. The highest BCUT2D eigenvalue weighted by Gasteiger charge is 2.07. The van der Waals surface area contributed by atoms with Crippen molar-refractivity contribution in [3.8, 4) is 5.75 Å². The number of nitrogens with one attached hydrogen (secondary N) is 2. The first-order valence-electron chi connectivity index (χ1n) is 9.43. The van der Waals surface area contributed by atoms with Crippen molar-refractivity contribution in [2.24, 2.45) is 0 Å². The van der Waals surface area contributed by atoms with Crippen molar-refractivity contribution < 1.29 is 9.53 Å². The average molecular weight is 354 g/mol. The molecule has 2 rings (SSSR count). The molecule has 0 saturated carbocycles. The van der Waals surface area contributed by atoms with Crippen LogP contribution in [0.25, 0.3) is 0 Å². The molecule has 2 aromatic carbocycles. The summed E-state index contributed by atoms with van der Waals surface area (Å²) in [7, 11) is 0. The van der Waals surface area contributed by atoms with Gasteiger partial charge in [0.1, 0.15) is 5.75 Å². The van der Waals surface area contributed by atoms with Gasteiger partial charge in [0.2, 0.25) is 5.91 Å². The summed E-state index contributed by atoms with van der Waals surface area (Å²) in [5, 5.41) is 6.15. The third kappa shape index (κ3) is 6.43. The molecule has 140 valence electrons. The SMILES string of the molecule is CCCCCCOc1cccc(NCC(=O)Nc2c(C)cccc2C)c1. The third-order valence-corrected chi connectivity index (χ3v) is 4.30. The van der Waals surface area contributed by atoms with E-state index in [-0.39, 0.29) is 12.5 Å². The topological polar surface area (TPSA) is 50.4 Å². The van der Waals surface area contributed by atoms with E-state index >= 15 is 0 Å². The molecule has 26 heavy (non-hydrogen) atoms. The Hall–Kier alpha value is -2.49. The number of rotatable bonds is 10. The summed E-state index contributed by atoms with van der Waals surface area (Å²) in [5.74, 6) is 0.773. The Kier molecular flexibility index (Phi) is 8.00. The van der Waals surface area contributed by atoms with Crippen LogP contribution in [-0.2, 0) is 4.79 Å². The summed E-state index contributed by atoms with van der Waals surface area (Å²) in [6.45, 7) is 7.14. The molecule has 0 heterocycles. The minimum atomic E-state index is -0.0618. The number of aryl methyl sites for hydroxylation is 2. The Morgan fingerprint density at radius 3 is 2.46 bits per heavy atom. The fourth-order valence-electron chi connectivity index (χ4n) is 2.79. The van der Waals surface area contributed by atoms with E-state index in [9.17, 15) is 4.79 Å². The van der Waals surface area contributed by atoms with Crippen LogP contribution in [0.15, 0.2) is 42.5 Å². The number of hydrogen-bond acceptors (Lipinski definition) is 3. The van der Waals surface area contributed by atoms with E-state index in [1.54, 1.807) is 0 Å². The van der Waals surface area contributed by atoms with Crippen molar-refractivity contribution in [2.75, 3.05) is 23.8 Å². The second-order valence-electron chi connectivity index (χ2n) is 6.61. The molecular weight excluding hydrogens is 324 g/mol. The first-order valence-corrected chi connectivity index (χ1v) is 9.43. The molecule has 2 aromatic rings. The molecule has 0 aliphatic carbocycles. The fraction of sp³-hybridized carbons (Fsp3) is 0.409. The second-order valence-corrected chi connectivity index (χ2v) is 6.61. The molecule has 4 heteroatoms. The van der Waals surface area contributed by atoms with Crippen LogP contribution in [0.5, 0.6) is 5.75 Å². The lowest BCUT2D eigenvalue weighted by atomic mass is 10.1. The van der Waals surface area contributed by atoms with Crippen molar-refractivity contribution in [3.05, 3.63) is 53.6 Å². The number of carbonyl (C=O) groups excluding carboxylic acids is 1. The predicted molar refractivity (Wildman–Crippen MR) is 109 cm³/mol. The lowest BCUT2D eigenvalue weighted by Gasteiger charge is -2.13. The molecule has 4 nitrogen and oxygen atoms in total. The molecule has 0 atom stereocenters. The number of benzene rings is 2. The molecular formula is C22H30N2O2. The molecule has 0 unspecified atom stereocenters. The van der Waals surface area contributed by atoms with Crippen molar-refractivity contribution in [1.29, 1.82) is 0 Å². The zero-order valence-corrected chi connectivity index (χ0v) is 16.1. The van der Waals surface area contributed by atoms with Gasteiger partial charge >= 0.3 is 0 Å².